The molecular formula is C8H15N4O+. The lowest BCUT2D eigenvalue weighted by molar-refractivity contribution is -0.762. The number of anilines is 1. The zero-order valence-electron chi connectivity index (χ0n) is 7.97. The Morgan fingerprint density at radius 1 is 1.54 bits per heavy atom. The lowest BCUT2D eigenvalue weighted by Crippen LogP contribution is -2.63. The Bertz CT molecular complexity index is 288. The van der Waals surface area contributed by atoms with Crippen LogP contribution in [0.2, 0.25) is 0 Å². The van der Waals surface area contributed by atoms with Crippen LogP contribution in [0.1, 0.15) is 26.7 Å². The average molecular weight is 183 g/mol. The summed E-state index contributed by atoms with van der Waals surface area (Å²) in [6.45, 7) is 4.36. The normalized spacial score (nSPS) is 28.3. The van der Waals surface area contributed by atoms with Gasteiger partial charge < -0.3 is 5.73 Å². The Morgan fingerprint density at radius 2 is 2.15 bits per heavy atom. The molecule has 1 saturated heterocycles. The highest BCUT2D eigenvalue weighted by Crippen LogP contribution is 2.18. The molecular weight excluding hydrogens is 168 g/mol. The quantitative estimate of drug-likeness (QED) is 0.625. The average Bonchev–Trinajstić information content (AvgIpc) is 2.60. The Balaban J connectivity index is 2.24. The molecule has 0 bridgehead atoms. The Morgan fingerprint density at radius 3 is 2.62 bits per heavy atom. The van der Waals surface area contributed by atoms with Gasteiger partial charge in [0.2, 0.25) is 5.27 Å². The summed E-state index contributed by atoms with van der Waals surface area (Å²) in [6, 6.07) is 1.01. The molecule has 1 aliphatic rings. The van der Waals surface area contributed by atoms with E-state index in [9.17, 15) is 0 Å². The first-order valence-electron chi connectivity index (χ1n) is 4.61. The Labute approximate surface area is 77.0 Å². The Hall–Kier alpha value is -1.26. The van der Waals surface area contributed by atoms with Crippen molar-refractivity contribution in [2.24, 2.45) is 0 Å². The van der Waals surface area contributed by atoms with Crippen molar-refractivity contribution in [2.75, 3.05) is 10.7 Å². The van der Waals surface area contributed by atoms with E-state index < -0.39 is 0 Å². The molecule has 2 heterocycles. The third-order valence-corrected chi connectivity index (χ3v) is 2.61. The molecule has 1 fully saturated rings. The number of hydrogen-bond donors (Lipinski definition) is 1. The van der Waals surface area contributed by atoms with Crippen molar-refractivity contribution in [2.45, 2.75) is 38.8 Å². The van der Waals surface area contributed by atoms with Gasteiger partial charge in [-0.25, -0.2) is 0 Å². The van der Waals surface area contributed by atoms with E-state index in [0.29, 0.717) is 18.0 Å². The van der Waals surface area contributed by atoms with Gasteiger partial charge in [-0.3, -0.25) is 4.52 Å². The highest BCUT2D eigenvalue weighted by atomic mass is 16.5. The molecule has 5 nitrogen and oxygen atoms in total. The van der Waals surface area contributed by atoms with E-state index in [1.54, 1.807) is 11.0 Å². The van der Waals surface area contributed by atoms with Gasteiger partial charge >= 0.3 is 0 Å². The van der Waals surface area contributed by atoms with Gasteiger partial charge in [0.05, 0.1) is 16.9 Å². The summed E-state index contributed by atoms with van der Waals surface area (Å²) in [5.74, 6) is 0.353. The van der Waals surface area contributed by atoms with Gasteiger partial charge in [-0.05, 0) is 26.7 Å². The molecule has 72 valence electrons. The van der Waals surface area contributed by atoms with Crippen molar-refractivity contribution >= 4 is 5.88 Å². The fraction of sp³-hybridized carbons (Fsp3) is 0.750. The maximum absolute atomic E-state index is 5.46. The molecule has 0 radical (unpaired) electrons. The van der Waals surface area contributed by atoms with Gasteiger partial charge in [-0.1, -0.05) is 0 Å². The first kappa shape index (κ1) is 8.34. The van der Waals surface area contributed by atoms with Crippen LogP contribution < -0.4 is 15.5 Å². The summed E-state index contributed by atoms with van der Waals surface area (Å²) < 4.78 is 4.82. The van der Waals surface area contributed by atoms with E-state index in [0.717, 1.165) is 0 Å². The second kappa shape index (κ2) is 2.90. The van der Waals surface area contributed by atoms with E-state index in [2.05, 4.69) is 24.1 Å². The third kappa shape index (κ3) is 1.34. The minimum Gasteiger partial charge on any atom is -0.362 e. The molecule has 2 atom stereocenters. The first-order chi connectivity index (χ1) is 6.18. The van der Waals surface area contributed by atoms with Gasteiger partial charge in [0.15, 0.2) is 0 Å². The van der Waals surface area contributed by atoms with Gasteiger partial charge in [-0.15, -0.1) is 5.01 Å². The van der Waals surface area contributed by atoms with Gasteiger partial charge in [0, 0.05) is 0 Å². The van der Waals surface area contributed by atoms with Crippen molar-refractivity contribution in [3.05, 3.63) is 6.20 Å². The maximum Gasteiger partial charge on any atom is 0.296 e. The van der Waals surface area contributed by atoms with Crippen molar-refractivity contribution < 1.29 is 9.31 Å². The second-order valence-corrected chi connectivity index (χ2v) is 3.68. The molecule has 1 aromatic heterocycles. The fourth-order valence-electron chi connectivity index (χ4n) is 1.94. The van der Waals surface area contributed by atoms with Crippen molar-refractivity contribution in [1.29, 1.82) is 0 Å². The SMILES string of the molecule is C[C@@H]1CC[C@H](C)N1[n+]1cc(N)on1. The number of rotatable bonds is 1. The van der Waals surface area contributed by atoms with E-state index >= 15 is 0 Å². The largest absolute Gasteiger partial charge is 0.362 e. The molecule has 2 rings (SSSR count). The van der Waals surface area contributed by atoms with Crippen LogP contribution in [0, 0.1) is 0 Å². The topological polar surface area (TPSA) is 59.2 Å². The molecule has 0 saturated carbocycles. The summed E-state index contributed by atoms with van der Waals surface area (Å²) in [5.41, 5.74) is 5.46. The standard InChI is InChI=1S/C8H15N4O/c1-6-3-4-7(2)12(6)11-5-8(9)13-10-11/h5-7H,3-4,9H2,1-2H3/q+1/t6-,7+. The minimum absolute atomic E-state index is 0.353. The summed E-state index contributed by atoms with van der Waals surface area (Å²) in [5, 5.41) is 6.02. The highest BCUT2D eigenvalue weighted by Gasteiger charge is 2.35. The fourth-order valence-corrected chi connectivity index (χ4v) is 1.94. The smallest absolute Gasteiger partial charge is 0.296 e. The summed E-state index contributed by atoms with van der Waals surface area (Å²) in [4.78, 5) is 1.71. The molecule has 1 aliphatic heterocycles. The second-order valence-electron chi connectivity index (χ2n) is 3.68. The molecule has 13 heavy (non-hydrogen) atoms. The highest BCUT2D eigenvalue weighted by molar-refractivity contribution is 5.12. The van der Waals surface area contributed by atoms with Crippen LogP contribution in [0.25, 0.3) is 0 Å². The maximum atomic E-state index is 5.46. The monoisotopic (exact) mass is 183 g/mol. The van der Waals surface area contributed by atoms with Gasteiger partial charge in [0.25, 0.3) is 12.1 Å². The number of hydrogen-bond acceptors (Lipinski definition) is 4. The molecule has 5 heteroatoms. The van der Waals surface area contributed by atoms with Crippen molar-refractivity contribution in [3.63, 3.8) is 0 Å². The van der Waals surface area contributed by atoms with Crippen LogP contribution in [0.4, 0.5) is 5.88 Å². The van der Waals surface area contributed by atoms with Gasteiger partial charge in [-0.2, -0.15) is 0 Å². The predicted molar refractivity (Wildman–Crippen MR) is 47.5 cm³/mol. The van der Waals surface area contributed by atoms with E-state index in [4.69, 9.17) is 10.3 Å². The number of aromatic nitrogens is 2. The molecule has 0 amide bonds. The van der Waals surface area contributed by atoms with Gasteiger partial charge in [0.1, 0.15) is 0 Å². The molecule has 0 aromatic carbocycles. The summed E-state index contributed by atoms with van der Waals surface area (Å²) in [6.07, 6.45) is 4.10. The number of nitrogen functional groups attached to an aromatic ring is 1. The Kier molecular flexibility index (Phi) is 1.86. The number of nitrogens with zero attached hydrogens (tertiary/aromatic N) is 3. The summed E-state index contributed by atoms with van der Waals surface area (Å²) in [7, 11) is 0. The molecule has 1 aromatic rings. The van der Waals surface area contributed by atoms with Crippen LogP contribution >= 0.6 is 0 Å². The van der Waals surface area contributed by atoms with E-state index in [-0.39, 0.29) is 0 Å². The zero-order chi connectivity index (χ0) is 9.42. The molecule has 0 aliphatic carbocycles. The lowest BCUT2D eigenvalue weighted by Gasteiger charge is -2.15. The van der Waals surface area contributed by atoms with Crippen LogP contribution in [-0.2, 0) is 0 Å². The van der Waals surface area contributed by atoms with E-state index in [1.807, 2.05) is 0 Å². The van der Waals surface area contributed by atoms with Crippen molar-refractivity contribution in [3.8, 4) is 0 Å². The predicted octanol–water partition coefficient (Wildman–Crippen LogP) is 0.0531. The summed E-state index contributed by atoms with van der Waals surface area (Å²) >= 11 is 0. The van der Waals surface area contributed by atoms with E-state index in [1.165, 1.54) is 12.8 Å². The van der Waals surface area contributed by atoms with Crippen LogP contribution in [0.3, 0.4) is 0 Å². The van der Waals surface area contributed by atoms with Crippen LogP contribution in [0.15, 0.2) is 10.7 Å². The lowest BCUT2D eigenvalue weighted by atomic mass is 10.2. The molecule has 0 spiro atoms. The third-order valence-electron chi connectivity index (χ3n) is 2.61. The zero-order valence-corrected chi connectivity index (χ0v) is 7.97. The first-order valence-corrected chi connectivity index (χ1v) is 4.61. The van der Waals surface area contributed by atoms with Crippen LogP contribution in [0.5, 0.6) is 0 Å². The van der Waals surface area contributed by atoms with Crippen molar-refractivity contribution in [1.82, 2.24) is 5.27 Å². The number of nitrogens with two attached hydrogens (primary N) is 1. The van der Waals surface area contributed by atoms with Crippen LogP contribution in [-0.4, -0.2) is 17.4 Å². The molecule has 2 N–H and O–H groups in total. The minimum atomic E-state index is 0.353. The molecule has 0 unspecified atom stereocenters.